The molecule has 0 radical (unpaired) electrons. The quantitative estimate of drug-likeness (QED) is 0.754. The summed E-state index contributed by atoms with van der Waals surface area (Å²) >= 11 is 0. The molecule has 2 heterocycles. The third kappa shape index (κ3) is 4.59. The minimum atomic E-state index is -5.09. The third-order valence-corrected chi connectivity index (χ3v) is 4.02. The van der Waals surface area contributed by atoms with Crippen molar-refractivity contribution in [3.63, 3.8) is 0 Å². The molecule has 2 aliphatic rings. The summed E-state index contributed by atoms with van der Waals surface area (Å²) < 4.78 is 55.0. The molecule has 0 aliphatic carbocycles. The maximum atomic E-state index is 12.8. The Bertz CT molecular complexity index is 573. The summed E-state index contributed by atoms with van der Waals surface area (Å²) in [6.45, 7) is 10.0. The lowest BCUT2D eigenvalue weighted by atomic mass is 9.92. The zero-order chi connectivity index (χ0) is 20.1. The Morgan fingerprint density at radius 1 is 1.15 bits per heavy atom. The van der Waals surface area contributed by atoms with E-state index < -0.39 is 47.9 Å². The highest BCUT2D eigenvalue weighted by Gasteiger charge is 2.55. The number of piperidine rings is 1. The molecule has 2 saturated heterocycles. The second kappa shape index (κ2) is 6.56. The van der Waals surface area contributed by atoms with Gasteiger partial charge in [0.05, 0.1) is 6.10 Å². The van der Waals surface area contributed by atoms with Gasteiger partial charge in [-0.3, -0.25) is 9.69 Å². The molecule has 7 nitrogen and oxygen atoms in total. The molecule has 2 aliphatic heterocycles. The summed E-state index contributed by atoms with van der Waals surface area (Å²) in [5, 5.41) is 1.86. The largest absolute Gasteiger partial charge is 0.471 e. The summed E-state index contributed by atoms with van der Waals surface area (Å²) in [6.07, 6.45) is -8.80. The monoisotopic (exact) mass is 382 g/mol. The van der Waals surface area contributed by atoms with E-state index in [9.17, 15) is 22.8 Å². The summed E-state index contributed by atoms with van der Waals surface area (Å²) in [5.41, 5.74) is -0.845. The van der Waals surface area contributed by atoms with Crippen molar-refractivity contribution < 1.29 is 37.0 Å². The molecule has 1 N–H and O–H groups in total. The zero-order valence-corrected chi connectivity index (χ0v) is 15.6. The van der Waals surface area contributed by atoms with Crippen LogP contribution in [0.25, 0.3) is 0 Å². The van der Waals surface area contributed by atoms with Crippen molar-refractivity contribution in [2.75, 3.05) is 6.54 Å². The molecule has 150 valence electrons. The third-order valence-electron chi connectivity index (χ3n) is 4.02. The number of carbonyl (C=O) groups is 2. The van der Waals surface area contributed by atoms with Crippen molar-refractivity contribution in [2.45, 2.75) is 77.5 Å². The van der Waals surface area contributed by atoms with Crippen molar-refractivity contribution in [1.82, 2.24) is 10.2 Å². The van der Waals surface area contributed by atoms with Crippen LogP contribution >= 0.6 is 0 Å². The molecule has 2 rings (SSSR count). The van der Waals surface area contributed by atoms with Crippen molar-refractivity contribution in [2.24, 2.45) is 5.92 Å². The predicted octanol–water partition coefficient (Wildman–Crippen LogP) is 2.40. The minimum Gasteiger partial charge on any atom is -0.444 e. The van der Waals surface area contributed by atoms with E-state index in [1.165, 1.54) is 0 Å². The average Bonchev–Trinajstić information content (AvgIpc) is 2.74. The number of carbonyl (C=O) groups excluding carboxylic acids is 2. The SMILES string of the molecule is C[C@@H]1CN(C(=O)OC(C)(C)C)[C@H](NC(=O)C(F)(F)F)[C@@H]2OC(C)(C)O[C@@H]21. The van der Waals surface area contributed by atoms with Gasteiger partial charge in [0, 0.05) is 12.5 Å². The van der Waals surface area contributed by atoms with Crippen LogP contribution in [0.1, 0.15) is 41.5 Å². The molecule has 0 aromatic carbocycles. The maximum absolute atomic E-state index is 12.8. The second-order valence-electron chi connectivity index (χ2n) is 8.09. The van der Waals surface area contributed by atoms with E-state index in [0.717, 1.165) is 4.90 Å². The summed E-state index contributed by atoms with van der Waals surface area (Å²) in [7, 11) is 0. The number of likely N-dealkylation sites (tertiary alicyclic amines) is 1. The molecule has 0 aromatic heterocycles. The molecule has 0 aromatic rings. The Morgan fingerprint density at radius 3 is 2.19 bits per heavy atom. The highest BCUT2D eigenvalue weighted by Crippen LogP contribution is 2.38. The molecule has 0 spiro atoms. The standard InChI is InChI=1S/C16H25F3N2O5/c1-8-7-21(13(23)26-14(2,3)4)11(20-12(22)16(17,18)19)10-9(8)24-15(5,6)25-10/h8-11H,7H2,1-6H3,(H,20,22)/t8-,9-,10-,11+/m1/s1. The molecule has 2 fully saturated rings. The van der Waals surface area contributed by atoms with Gasteiger partial charge in [-0.1, -0.05) is 6.92 Å². The number of nitrogens with one attached hydrogen (secondary N) is 1. The van der Waals surface area contributed by atoms with E-state index in [1.807, 2.05) is 5.32 Å². The Labute approximate surface area is 150 Å². The van der Waals surface area contributed by atoms with E-state index in [0.29, 0.717) is 0 Å². The number of rotatable bonds is 1. The lowest BCUT2D eigenvalue weighted by Crippen LogP contribution is -2.66. The van der Waals surface area contributed by atoms with Gasteiger partial charge in [0.2, 0.25) is 0 Å². The molecule has 0 unspecified atom stereocenters. The first kappa shape index (κ1) is 20.8. The fraction of sp³-hybridized carbons (Fsp3) is 0.875. The Kier molecular flexibility index (Phi) is 5.24. The average molecular weight is 382 g/mol. The van der Waals surface area contributed by atoms with E-state index in [2.05, 4.69) is 0 Å². The molecule has 2 amide bonds. The highest BCUT2D eigenvalue weighted by atomic mass is 19.4. The molecular weight excluding hydrogens is 357 g/mol. The van der Waals surface area contributed by atoms with E-state index >= 15 is 0 Å². The number of ether oxygens (including phenoxy) is 3. The van der Waals surface area contributed by atoms with Crippen LogP contribution in [0.5, 0.6) is 0 Å². The number of amides is 2. The first-order chi connectivity index (χ1) is 11.6. The Morgan fingerprint density at radius 2 is 1.69 bits per heavy atom. The lowest BCUT2D eigenvalue weighted by molar-refractivity contribution is -0.179. The van der Waals surface area contributed by atoms with Gasteiger partial charge < -0.3 is 19.5 Å². The van der Waals surface area contributed by atoms with E-state index in [-0.39, 0.29) is 12.5 Å². The Balaban J connectivity index is 2.32. The lowest BCUT2D eigenvalue weighted by Gasteiger charge is -2.44. The van der Waals surface area contributed by atoms with Gasteiger partial charge in [0.25, 0.3) is 0 Å². The molecule has 0 saturated carbocycles. The van der Waals surface area contributed by atoms with Gasteiger partial charge in [-0.15, -0.1) is 0 Å². The maximum Gasteiger partial charge on any atom is 0.471 e. The van der Waals surface area contributed by atoms with Gasteiger partial charge in [-0.25, -0.2) is 4.79 Å². The fourth-order valence-electron chi connectivity index (χ4n) is 3.09. The van der Waals surface area contributed by atoms with Crippen LogP contribution < -0.4 is 5.32 Å². The summed E-state index contributed by atoms with van der Waals surface area (Å²) in [6, 6.07) is 0. The number of alkyl halides is 3. The number of halogens is 3. The topological polar surface area (TPSA) is 77.1 Å². The van der Waals surface area contributed by atoms with Gasteiger partial charge in [-0.05, 0) is 34.6 Å². The zero-order valence-electron chi connectivity index (χ0n) is 15.6. The smallest absolute Gasteiger partial charge is 0.444 e. The highest BCUT2D eigenvalue weighted by molar-refractivity contribution is 5.82. The van der Waals surface area contributed by atoms with E-state index in [4.69, 9.17) is 14.2 Å². The van der Waals surface area contributed by atoms with Crippen LogP contribution in [0.4, 0.5) is 18.0 Å². The van der Waals surface area contributed by atoms with Crippen LogP contribution in [0.3, 0.4) is 0 Å². The number of hydrogen-bond donors (Lipinski definition) is 1. The van der Waals surface area contributed by atoms with Gasteiger partial charge in [0.1, 0.15) is 17.9 Å². The van der Waals surface area contributed by atoms with Crippen LogP contribution in [0.2, 0.25) is 0 Å². The predicted molar refractivity (Wildman–Crippen MR) is 83.9 cm³/mol. The summed E-state index contributed by atoms with van der Waals surface area (Å²) in [5.74, 6) is -3.43. The van der Waals surface area contributed by atoms with Crippen molar-refractivity contribution >= 4 is 12.0 Å². The number of hydrogen-bond acceptors (Lipinski definition) is 5. The van der Waals surface area contributed by atoms with Gasteiger partial charge in [-0.2, -0.15) is 13.2 Å². The number of nitrogens with zero attached hydrogens (tertiary/aromatic N) is 1. The fourth-order valence-corrected chi connectivity index (χ4v) is 3.09. The molecule has 26 heavy (non-hydrogen) atoms. The first-order valence-electron chi connectivity index (χ1n) is 8.34. The van der Waals surface area contributed by atoms with Crippen LogP contribution in [0, 0.1) is 5.92 Å². The van der Waals surface area contributed by atoms with Crippen molar-refractivity contribution in [1.29, 1.82) is 0 Å². The second-order valence-corrected chi connectivity index (χ2v) is 8.09. The van der Waals surface area contributed by atoms with Gasteiger partial charge >= 0.3 is 18.2 Å². The molecular formula is C16H25F3N2O5. The summed E-state index contributed by atoms with van der Waals surface area (Å²) in [4.78, 5) is 25.1. The van der Waals surface area contributed by atoms with Crippen molar-refractivity contribution in [3.05, 3.63) is 0 Å². The number of fused-ring (bicyclic) bond motifs is 1. The van der Waals surface area contributed by atoms with Crippen LogP contribution in [0.15, 0.2) is 0 Å². The Hall–Kier alpha value is -1.55. The van der Waals surface area contributed by atoms with E-state index in [1.54, 1.807) is 41.5 Å². The first-order valence-corrected chi connectivity index (χ1v) is 8.34. The van der Waals surface area contributed by atoms with Gasteiger partial charge in [0.15, 0.2) is 5.79 Å². The minimum absolute atomic E-state index is 0.0539. The molecule has 0 bridgehead atoms. The van der Waals surface area contributed by atoms with Crippen LogP contribution in [-0.4, -0.2) is 59.4 Å². The van der Waals surface area contributed by atoms with Crippen molar-refractivity contribution in [3.8, 4) is 0 Å². The van der Waals surface area contributed by atoms with Crippen LogP contribution in [-0.2, 0) is 19.0 Å². The molecule has 4 atom stereocenters. The molecule has 10 heteroatoms. The normalized spacial score (nSPS) is 31.3.